The number of rotatable bonds is 8. The summed E-state index contributed by atoms with van der Waals surface area (Å²) in [7, 11) is 0. The van der Waals surface area contributed by atoms with Crippen LogP contribution in [0.15, 0.2) is 69.0 Å². The van der Waals surface area contributed by atoms with Crippen LogP contribution in [-0.2, 0) is 13.0 Å². The third-order valence-electron chi connectivity index (χ3n) is 5.30. The van der Waals surface area contributed by atoms with E-state index < -0.39 is 0 Å². The molecular weight excluding hydrogens is 573 g/mol. The summed E-state index contributed by atoms with van der Waals surface area (Å²) in [4.78, 5) is 17.9. The van der Waals surface area contributed by atoms with Crippen LogP contribution in [0.3, 0.4) is 0 Å². The molecule has 0 bridgehead atoms. The molecule has 0 amide bonds. The molecule has 0 saturated heterocycles. The minimum atomic E-state index is -0.240. The predicted octanol–water partition coefficient (Wildman–Crippen LogP) is 7.92. The van der Waals surface area contributed by atoms with Gasteiger partial charge in [-0.1, -0.05) is 82.3 Å². The molecule has 0 fully saturated rings. The first-order valence-corrected chi connectivity index (χ1v) is 12.9. The van der Waals surface area contributed by atoms with Gasteiger partial charge in [0.25, 0.3) is 5.56 Å². The summed E-state index contributed by atoms with van der Waals surface area (Å²) < 4.78 is 7.97. The maximum atomic E-state index is 13.2. The molecule has 0 aliphatic rings. The Labute approximate surface area is 226 Å². The minimum Gasteiger partial charge on any atom is -0.486 e. The quantitative estimate of drug-likeness (QED) is 0.195. The van der Waals surface area contributed by atoms with Crippen LogP contribution in [-0.4, -0.2) is 15.9 Å². The lowest BCUT2D eigenvalue weighted by Gasteiger charge is -2.12. The molecule has 4 aromatic rings. The largest absolute Gasteiger partial charge is 0.486 e. The number of hydrogen-bond acceptors (Lipinski definition) is 4. The Morgan fingerprint density at radius 2 is 1.80 bits per heavy atom. The van der Waals surface area contributed by atoms with Crippen molar-refractivity contribution >= 4 is 67.9 Å². The van der Waals surface area contributed by atoms with Gasteiger partial charge >= 0.3 is 0 Å². The Hall–Kier alpha value is -2.38. The van der Waals surface area contributed by atoms with Crippen LogP contribution < -0.4 is 10.3 Å². The number of aryl methyl sites for hydroxylation is 1. The van der Waals surface area contributed by atoms with E-state index in [1.165, 1.54) is 10.9 Å². The highest BCUT2D eigenvalue weighted by Gasteiger charge is 2.13. The zero-order valence-corrected chi connectivity index (χ0v) is 22.6. The first kappa shape index (κ1) is 25.7. The lowest BCUT2D eigenvalue weighted by molar-refractivity contribution is 0.306. The molecule has 180 valence electrons. The molecule has 0 N–H and O–H groups in total. The summed E-state index contributed by atoms with van der Waals surface area (Å²) in [6.45, 7) is 2.31. The topological polar surface area (TPSA) is 56.5 Å². The lowest BCUT2D eigenvalue weighted by atomic mass is 10.2. The molecule has 35 heavy (non-hydrogen) atoms. The van der Waals surface area contributed by atoms with E-state index in [-0.39, 0.29) is 12.2 Å². The normalized spacial score (nSPS) is 11.5. The maximum Gasteiger partial charge on any atom is 0.282 e. The van der Waals surface area contributed by atoms with Crippen molar-refractivity contribution in [2.24, 2.45) is 5.10 Å². The molecule has 3 aromatic carbocycles. The Balaban J connectivity index is 1.65. The Morgan fingerprint density at radius 1 is 1.06 bits per heavy atom. The lowest BCUT2D eigenvalue weighted by Crippen LogP contribution is -2.22. The monoisotopic (exact) mass is 591 g/mol. The van der Waals surface area contributed by atoms with Gasteiger partial charge in [0, 0.05) is 21.5 Å². The molecule has 0 radical (unpaired) electrons. The number of fused-ring (bicyclic) bond motifs is 1. The summed E-state index contributed by atoms with van der Waals surface area (Å²) in [5, 5.41) is 6.18. The molecule has 0 unspecified atom stereocenters. The van der Waals surface area contributed by atoms with Gasteiger partial charge in [-0.3, -0.25) is 4.79 Å². The van der Waals surface area contributed by atoms with Crippen molar-refractivity contribution in [3.8, 4) is 5.75 Å². The van der Waals surface area contributed by atoms with Crippen molar-refractivity contribution in [1.82, 2.24) is 9.66 Å². The number of nitrogens with zero attached hydrogens (tertiary/aromatic N) is 3. The highest BCUT2D eigenvalue weighted by molar-refractivity contribution is 9.10. The molecule has 0 aliphatic carbocycles. The highest BCUT2D eigenvalue weighted by atomic mass is 79.9. The Kier molecular flexibility index (Phi) is 8.50. The van der Waals surface area contributed by atoms with Gasteiger partial charge in [0.2, 0.25) is 0 Å². The second-order valence-electron chi connectivity index (χ2n) is 7.85. The van der Waals surface area contributed by atoms with Crippen molar-refractivity contribution in [3.63, 3.8) is 0 Å². The first-order chi connectivity index (χ1) is 16.9. The Morgan fingerprint density at radius 3 is 2.51 bits per heavy atom. The van der Waals surface area contributed by atoms with E-state index in [0.29, 0.717) is 49.5 Å². The van der Waals surface area contributed by atoms with E-state index in [4.69, 9.17) is 39.5 Å². The molecule has 1 aromatic heterocycles. The van der Waals surface area contributed by atoms with E-state index in [0.717, 1.165) is 22.9 Å². The third-order valence-corrected chi connectivity index (χ3v) is 6.73. The van der Waals surface area contributed by atoms with Gasteiger partial charge in [-0.05, 0) is 48.4 Å². The highest BCUT2D eigenvalue weighted by Crippen LogP contribution is 2.35. The van der Waals surface area contributed by atoms with Crippen molar-refractivity contribution < 1.29 is 4.74 Å². The predicted molar refractivity (Wildman–Crippen MR) is 148 cm³/mol. The molecule has 0 aliphatic heterocycles. The molecule has 0 saturated carbocycles. The number of ether oxygens (including phenoxy) is 1. The average Bonchev–Trinajstić information content (AvgIpc) is 2.83. The zero-order valence-electron chi connectivity index (χ0n) is 18.8. The van der Waals surface area contributed by atoms with E-state index in [1.54, 1.807) is 24.3 Å². The van der Waals surface area contributed by atoms with E-state index >= 15 is 0 Å². The fraction of sp³-hybridized carbons (Fsp3) is 0.192. The Bertz CT molecular complexity index is 1450. The second kappa shape index (κ2) is 11.6. The number of unbranched alkanes of at least 4 members (excludes halogenated alkanes) is 1. The fourth-order valence-corrected chi connectivity index (χ4v) is 4.66. The van der Waals surface area contributed by atoms with Crippen molar-refractivity contribution in [1.29, 1.82) is 0 Å². The molecule has 4 rings (SSSR count). The minimum absolute atomic E-state index is 0.223. The number of benzene rings is 3. The van der Waals surface area contributed by atoms with Gasteiger partial charge in [-0.25, -0.2) is 4.98 Å². The molecule has 1 heterocycles. The fourth-order valence-electron chi connectivity index (χ4n) is 3.49. The standard InChI is InChI=1S/C26H21BrCl3N3O2/c1-2-3-8-24-32-23-10-9-18(27)13-19(23)26(34)33(24)31-14-16-11-21(29)25(22(30)12-16)35-15-17-6-4-5-7-20(17)28/h4-7,9-14H,2-3,8,15H2,1H3. The van der Waals surface area contributed by atoms with Crippen molar-refractivity contribution in [2.45, 2.75) is 32.8 Å². The first-order valence-electron chi connectivity index (χ1n) is 11.0. The van der Waals surface area contributed by atoms with Crippen LogP contribution >= 0.6 is 50.7 Å². The van der Waals surface area contributed by atoms with Crippen LogP contribution in [0.1, 0.15) is 36.7 Å². The van der Waals surface area contributed by atoms with Crippen molar-refractivity contribution in [3.05, 3.63) is 101 Å². The van der Waals surface area contributed by atoms with Crippen molar-refractivity contribution in [2.75, 3.05) is 0 Å². The molecule has 0 atom stereocenters. The maximum absolute atomic E-state index is 13.2. The smallest absolute Gasteiger partial charge is 0.282 e. The van der Waals surface area contributed by atoms with Crippen LogP contribution in [0.25, 0.3) is 10.9 Å². The van der Waals surface area contributed by atoms with Gasteiger partial charge < -0.3 is 4.74 Å². The summed E-state index contributed by atoms with van der Waals surface area (Å²) in [5.41, 5.74) is 1.84. The summed E-state index contributed by atoms with van der Waals surface area (Å²) in [6.07, 6.45) is 4.03. The number of aromatic nitrogens is 2. The van der Waals surface area contributed by atoms with Crippen LogP contribution in [0.4, 0.5) is 0 Å². The van der Waals surface area contributed by atoms with Gasteiger partial charge in [-0.15, -0.1) is 0 Å². The molecule has 9 heteroatoms. The third kappa shape index (κ3) is 6.07. The van der Waals surface area contributed by atoms with Gasteiger partial charge in [0.15, 0.2) is 5.75 Å². The number of halogens is 4. The average molecular weight is 594 g/mol. The summed E-state index contributed by atoms with van der Waals surface area (Å²) in [6, 6.07) is 16.2. The summed E-state index contributed by atoms with van der Waals surface area (Å²) >= 11 is 22.5. The molecular formula is C26H21BrCl3N3O2. The zero-order chi connectivity index (χ0) is 24.9. The molecule has 5 nitrogen and oxygen atoms in total. The van der Waals surface area contributed by atoms with Crippen LogP contribution in [0.5, 0.6) is 5.75 Å². The van der Waals surface area contributed by atoms with Crippen LogP contribution in [0, 0.1) is 0 Å². The van der Waals surface area contributed by atoms with E-state index in [1.807, 2.05) is 30.3 Å². The van der Waals surface area contributed by atoms with Gasteiger partial charge in [0.1, 0.15) is 12.4 Å². The molecule has 0 spiro atoms. The summed E-state index contributed by atoms with van der Waals surface area (Å²) in [5.74, 6) is 0.947. The second-order valence-corrected chi connectivity index (χ2v) is 9.99. The van der Waals surface area contributed by atoms with E-state index in [2.05, 4.69) is 32.9 Å². The van der Waals surface area contributed by atoms with Crippen LogP contribution in [0.2, 0.25) is 15.1 Å². The SMILES string of the molecule is CCCCc1nc2ccc(Br)cc2c(=O)n1N=Cc1cc(Cl)c(OCc2ccccc2Cl)c(Cl)c1. The van der Waals surface area contributed by atoms with E-state index in [9.17, 15) is 4.79 Å². The van der Waals surface area contributed by atoms with Gasteiger partial charge in [0.05, 0.1) is 27.2 Å². The number of hydrogen-bond donors (Lipinski definition) is 0. The van der Waals surface area contributed by atoms with Gasteiger partial charge in [-0.2, -0.15) is 9.78 Å².